The van der Waals surface area contributed by atoms with Crippen LogP contribution >= 0.6 is 0 Å². The molecule has 0 saturated carbocycles. The third-order valence-corrected chi connectivity index (χ3v) is 6.87. The summed E-state index contributed by atoms with van der Waals surface area (Å²) in [5, 5.41) is 15.3. The largest absolute Gasteiger partial charge is 0.390 e. The minimum Gasteiger partial charge on any atom is -0.390 e. The number of likely N-dealkylation sites (tertiary alicyclic amines) is 2. The number of aliphatic hydroxyl groups excluding tert-OH is 1. The minimum absolute atomic E-state index is 0.0834. The average Bonchev–Trinajstić information content (AvgIpc) is 3.37. The number of hydrogen-bond acceptors (Lipinski definition) is 6. The molecule has 2 aromatic rings. The molecule has 0 aliphatic carbocycles. The fourth-order valence-corrected chi connectivity index (χ4v) is 4.86. The van der Waals surface area contributed by atoms with Crippen LogP contribution in [0.2, 0.25) is 0 Å². The predicted octanol–water partition coefficient (Wildman–Crippen LogP) is 1.83. The number of nitrogens with zero attached hydrogens (tertiary/aromatic N) is 4. The molecular formula is C23H31FN4O4. The number of hydrogen-bond donors (Lipinski definition) is 1. The molecule has 2 amide bonds. The average molecular weight is 447 g/mol. The Kier molecular flexibility index (Phi) is 6.76. The van der Waals surface area contributed by atoms with Crippen molar-refractivity contribution in [3.63, 3.8) is 0 Å². The lowest BCUT2D eigenvalue weighted by atomic mass is 9.91. The van der Waals surface area contributed by atoms with Gasteiger partial charge in [0.15, 0.2) is 5.58 Å². The molecule has 0 radical (unpaired) electrons. The van der Waals surface area contributed by atoms with E-state index in [1.807, 2.05) is 6.92 Å². The number of aromatic nitrogens is 1. The summed E-state index contributed by atoms with van der Waals surface area (Å²) >= 11 is 0. The van der Waals surface area contributed by atoms with Gasteiger partial charge < -0.3 is 24.3 Å². The van der Waals surface area contributed by atoms with Crippen molar-refractivity contribution in [3.05, 3.63) is 29.7 Å². The van der Waals surface area contributed by atoms with Crippen LogP contribution in [0.1, 0.15) is 38.3 Å². The van der Waals surface area contributed by atoms with Crippen LogP contribution < -0.4 is 0 Å². The van der Waals surface area contributed by atoms with Crippen LogP contribution in [0, 0.1) is 11.7 Å². The van der Waals surface area contributed by atoms with E-state index in [0.29, 0.717) is 18.7 Å². The second-order valence-electron chi connectivity index (χ2n) is 8.84. The molecule has 2 fully saturated rings. The van der Waals surface area contributed by atoms with Crippen molar-refractivity contribution < 1.29 is 23.6 Å². The molecule has 2 unspecified atom stereocenters. The molecule has 8 nitrogen and oxygen atoms in total. The number of amides is 2. The molecular weight excluding hydrogens is 415 g/mol. The SMILES string of the molecule is CCN(CCN1CCC(c2noc3cc(F)ccc23)CC1)C(=O)C1CN(C(C)=O)CC1O. The highest BCUT2D eigenvalue weighted by atomic mass is 19.1. The lowest BCUT2D eigenvalue weighted by Crippen LogP contribution is -2.45. The number of β-amino-alcohol motifs (C(OH)–C–C–N with tert-alkyl or cyclic N) is 1. The van der Waals surface area contributed by atoms with Crippen LogP contribution in [0.25, 0.3) is 11.0 Å². The zero-order valence-electron chi connectivity index (χ0n) is 18.7. The molecule has 0 bridgehead atoms. The Balaban J connectivity index is 1.29. The van der Waals surface area contributed by atoms with Gasteiger partial charge in [-0.2, -0.15) is 0 Å². The highest BCUT2D eigenvalue weighted by Crippen LogP contribution is 2.32. The van der Waals surface area contributed by atoms with E-state index in [-0.39, 0.29) is 36.6 Å². The van der Waals surface area contributed by atoms with E-state index in [0.717, 1.165) is 43.6 Å². The number of carbonyl (C=O) groups excluding carboxylic acids is 2. The number of rotatable bonds is 6. The summed E-state index contributed by atoms with van der Waals surface area (Å²) in [5.74, 6) is -0.803. The van der Waals surface area contributed by atoms with Crippen LogP contribution in [0.4, 0.5) is 4.39 Å². The summed E-state index contributed by atoms with van der Waals surface area (Å²) in [6, 6.07) is 4.54. The minimum atomic E-state index is -0.804. The number of aliphatic hydroxyl groups is 1. The van der Waals surface area contributed by atoms with Crippen molar-refractivity contribution in [2.75, 3.05) is 45.8 Å². The van der Waals surface area contributed by atoms with Crippen LogP contribution in [0.5, 0.6) is 0 Å². The number of piperidine rings is 1. The van der Waals surface area contributed by atoms with Gasteiger partial charge in [0.25, 0.3) is 0 Å². The molecule has 2 aliphatic heterocycles. The Morgan fingerprint density at radius 2 is 2.03 bits per heavy atom. The molecule has 2 saturated heterocycles. The fraction of sp³-hybridized carbons (Fsp3) is 0.609. The quantitative estimate of drug-likeness (QED) is 0.728. The van der Waals surface area contributed by atoms with Gasteiger partial charge in [-0.3, -0.25) is 9.59 Å². The summed E-state index contributed by atoms with van der Waals surface area (Å²) in [7, 11) is 0. The van der Waals surface area contributed by atoms with Gasteiger partial charge in [0.2, 0.25) is 11.8 Å². The summed E-state index contributed by atoms with van der Waals surface area (Å²) < 4.78 is 18.7. The second-order valence-corrected chi connectivity index (χ2v) is 8.84. The summed E-state index contributed by atoms with van der Waals surface area (Å²) in [6.07, 6.45) is 1.05. The number of likely N-dealkylation sites (N-methyl/N-ethyl adjacent to an activating group) is 1. The topological polar surface area (TPSA) is 90.1 Å². The van der Waals surface area contributed by atoms with Gasteiger partial charge in [0, 0.05) is 57.0 Å². The maximum Gasteiger partial charge on any atom is 0.230 e. The normalized spacial score (nSPS) is 22.6. The van der Waals surface area contributed by atoms with E-state index in [9.17, 15) is 19.1 Å². The van der Waals surface area contributed by atoms with E-state index >= 15 is 0 Å². The van der Waals surface area contributed by atoms with Crippen molar-refractivity contribution >= 4 is 22.8 Å². The third kappa shape index (κ3) is 4.63. The Morgan fingerprint density at radius 1 is 1.28 bits per heavy atom. The first-order chi connectivity index (χ1) is 15.4. The van der Waals surface area contributed by atoms with Crippen LogP contribution in [-0.2, 0) is 9.59 Å². The van der Waals surface area contributed by atoms with Gasteiger partial charge in [-0.25, -0.2) is 4.39 Å². The van der Waals surface area contributed by atoms with E-state index < -0.39 is 12.0 Å². The first-order valence-corrected chi connectivity index (χ1v) is 11.4. The number of fused-ring (bicyclic) bond motifs is 1. The lowest BCUT2D eigenvalue weighted by molar-refractivity contribution is -0.137. The molecule has 2 aliphatic rings. The van der Waals surface area contributed by atoms with Gasteiger partial charge in [0.05, 0.1) is 17.7 Å². The monoisotopic (exact) mass is 446 g/mol. The molecule has 9 heteroatoms. The van der Waals surface area contributed by atoms with Gasteiger partial charge in [-0.05, 0) is 45.0 Å². The number of halogens is 1. The lowest BCUT2D eigenvalue weighted by Gasteiger charge is -2.33. The van der Waals surface area contributed by atoms with Crippen LogP contribution in [0.15, 0.2) is 22.7 Å². The van der Waals surface area contributed by atoms with E-state index in [2.05, 4.69) is 10.1 Å². The highest BCUT2D eigenvalue weighted by Gasteiger charge is 2.39. The number of benzene rings is 1. The fourth-order valence-electron chi connectivity index (χ4n) is 4.86. The van der Waals surface area contributed by atoms with E-state index in [1.54, 1.807) is 11.0 Å². The molecule has 4 rings (SSSR count). The molecule has 0 spiro atoms. The molecule has 1 N–H and O–H groups in total. The van der Waals surface area contributed by atoms with Crippen molar-refractivity contribution in [2.24, 2.45) is 5.92 Å². The van der Waals surface area contributed by atoms with Crippen molar-refractivity contribution in [2.45, 2.75) is 38.7 Å². The smallest absolute Gasteiger partial charge is 0.230 e. The summed E-state index contributed by atoms with van der Waals surface area (Å²) in [5.41, 5.74) is 1.38. The molecule has 1 aromatic heterocycles. The van der Waals surface area contributed by atoms with Gasteiger partial charge >= 0.3 is 0 Å². The van der Waals surface area contributed by atoms with Crippen LogP contribution in [0.3, 0.4) is 0 Å². The Morgan fingerprint density at radius 3 is 2.69 bits per heavy atom. The zero-order valence-corrected chi connectivity index (χ0v) is 18.7. The maximum absolute atomic E-state index is 13.4. The van der Waals surface area contributed by atoms with Gasteiger partial charge in [-0.1, -0.05) is 5.16 Å². The van der Waals surface area contributed by atoms with Crippen molar-refractivity contribution in [3.8, 4) is 0 Å². The Hall–Kier alpha value is -2.52. The predicted molar refractivity (Wildman–Crippen MR) is 116 cm³/mol. The third-order valence-electron chi connectivity index (χ3n) is 6.87. The molecule has 3 heterocycles. The van der Waals surface area contributed by atoms with Gasteiger partial charge in [0.1, 0.15) is 5.82 Å². The first kappa shape index (κ1) is 22.7. The molecule has 32 heavy (non-hydrogen) atoms. The van der Waals surface area contributed by atoms with Crippen molar-refractivity contribution in [1.82, 2.24) is 19.9 Å². The highest BCUT2D eigenvalue weighted by molar-refractivity contribution is 5.82. The Bertz CT molecular complexity index is 972. The van der Waals surface area contributed by atoms with E-state index in [4.69, 9.17) is 4.52 Å². The summed E-state index contributed by atoms with van der Waals surface area (Å²) in [6.45, 7) is 7.60. The van der Waals surface area contributed by atoms with Crippen molar-refractivity contribution in [1.29, 1.82) is 0 Å². The molecule has 174 valence electrons. The number of carbonyl (C=O) groups is 2. The zero-order chi connectivity index (χ0) is 22.8. The second kappa shape index (κ2) is 9.54. The first-order valence-electron chi connectivity index (χ1n) is 11.4. The standard InChI is InChI=1S/C23H31FN4O4/c1-3-27(23(31)19-13-28(15(2)29)14-20(19)30)11-10-26-8-6-16(7-9-26)22-18-5-4-17(24)12-21(18)32-25-22/h4-5,12,16,19-20,30H,3,6-11,13-14H2,1-2H3. The molecule has 2 atom stereocenters. The summed E-state index contributed by atoms with van der Waals surface area (Å²) in [4.78, 5) is 30.2. The maximum atomic E-state index is 13.4. The molecule has 1 aromatic carbocycles. The van der Waals surface area contributed by atoms with E-state index in [1.165, 1.54) is 24.0 Å². The Labute approximate surface area is 186 Å². The van der Waals surface area contributed by atoms with Crippen LogP contribution in [-0.4, -0.2) is 88.7 Å². The van der Waals surface area contributed by atoms with Gasteiger partial charge in [-0.15, -0.1) is 0 Å².